The summed E-state index contributed by atoms with van der Waals surface area (Å²) in [5.74, 6) is -0.507. The summed E-state index contributed by atoms with van der Waals surface area (Å²) in [5.41, 5.74) is 0. The first kappa shape index (κ1) is 60.8. The zero-order valence-electron chi connectivity index (χ0n) is 42.0. The van der Waals surface area contributed by atoms with E-state index in [0.717, 1.165) is 38.5 Å². The average Bonchev–Trinajstić information content (AvgIpc) is 3.28. The van der Waals surface area contributed by atoms with E-state index in [1.807, 2.05) is 6.08 Å². The molecule has 0 rings (SSSR count). The second kappa shape index (κ2) is 52.5. The number of hydrogen-bond donors (Lipinski definition) is 4. The number of amides is 1. The molecule has 368 valence electrons. The zero-order valence-corrected chi connectivity index (χ0v) is 42.0. The summed E-state index contributed by atoms with van der Waals surface area (Å²) in [6.07, 6.45) is 66.9. The van der Waals surface area contributed by atoms with Crippen LogP contribution in [0.5, 0.6) is 0 Å². The van der Waals surface area contributed by atoms with Crippen molar-refractivity contribution in [3.63, 3.8) is 0 Å². The molecule has 0 spiro atoms. The molecule has 0 heterocycles. The first-order valence-electron chi connectivity index (χ1n) is 28.2. The highest BCUT2D eigenvalue weighted by Crippen LogP contribution is 2.18. The molecular formula is C57H111NO4. The highest BCUT2D eigenvalue weighted by molar-refractivity contribution is 5.80. The molecule has 0 aromatic carbocycles. The van der Waals surface area contributed by atoms with Gasteiger partial charge in [-0.2, -0.15) is 0 Å². The number of hydrogen-bond acceptors (Lipinski definition) is 4. The predicted molar refractivity (Wildman–Crippen MR) is 273 cm³/mol. The molecule has 1 amide bonds. The van der Waals surface area contributed by atoms with Crippen molar-refractivity contribution in [2.45, 2.75) is 327 Å². The fourth-order valence-electron chi connectivity index (χ4n) is 8.91. The van der Waals surface area contributed by atoms with E-state index in [1.165, 1.54) is 250 Å². The summed E-state index contributed by atoms with van der Waals surface area (Å²) < 4.78 is 0. The second-order valence-electron chi connectivity index (χ2n) is 19.5. The lowest BCUT2D eigenvalue weighted by atomic mass is 10.0. The van der Waals surface area contributed by atoms with Crippen molar-refractivity contribution in [3.8, 4) is 0 Å². The molecule has 0 aliphatic rings. The van der Waals surface area contributed by atoms with Crippen LogP contribution in [0, 0.1) is 0 Å². The van der Waals surface area contributed by atoms with Crippen LogP contribution in [0.15, 0.2) is 24.3 Å². The van der Waals surface area contributed by atoms with Gasteiger partial charge in [-0.25, -0.2) is 0 Å². The fraction of sp³-hybridized carbons (Fsp3) is 0.912. The molecule has 0 saturated heterocycles. The first-order chi connectivity index (χ1) is 30.6. The molecule has 62 heavy (non-hydrogen) atoms. The van der Waals surface area contributed by atoms with Crippen LogP contribution < -0.4 is 5.32 Å². The second-order valence-corrected chi connectivity index (χ2v) is 19.5. The van der Waals surface area contributed by atoms with E-state index in [1.54, 1.807) is 6.08 Å². The van der Waals surface area contributed by atoms with E-state index in [4.69, 9.17) is 0 Å². The molecule has 5 heteroatoms. The molecule has 0 aliphatic heterocycles. The molecule has 0 aliphatic carbocycles. The van der Waals surface area contributed by atoms with Gasteiger partial charge in [0, 0.05) is 0 Å². The van der Waals surface area contributed by atoms with Crippen molar-refractivity contribution >= 4 is 5.91 Å². The summed E-state index contributed by atoms with van der Waals surface area (Å²) in [4.78, 5) is 12.5. The van der Waals surface area contributed by atoms with Crippen LogP contribution in [-0.2, 0) is 4.79 Å². The Morgan fingerprint density at radius 1 is 0.387 bits per heavy atom. The number of aliphatic hydroxyl groups is 3. The van der Waals surface area contributed by atoms with Gasteiger partial charge in [-0.3, -0.25) is 4.79 Å². The number of carbonyl (C=O) groups excluding carboxylic acids is 1. The number of aliphatic hydroxyl groups excluding tert-OH is 3. The maximum Gasteiger partial charge on any atom is 0.249 e. The van der Waals surface area contributed by atoms with E-state index in [-0.39, 0.29) is 6.61 Å². The Bertz CT molecular complexity index is 920. The van der Waals surface area contributed by atoms with Crippen molar-refractivity contribution in [1.29, 1.82) is 0 Å². The van der Waals surface area contributed by atoms with Gasteiger partial charge in [0.15, 0.2) is 0 Å². The monoisotopic (exact) mass is 874 g/mol. The normalized spacial score (nSPS) is 13.4. The highest BCUT2D eigenvalue weighted by atomic mass is 16.3. The van der Waals surface area contributed by atoms with E-state index in [0.29, 0.717) is 6.42 Å². The maximum absolute atomic E-state index is 12.5. The molecular weight excluding hydrogens is 763 g/mol. The molecule has 5 nitrogen and oxygen atoms in total. The Morgan fingerprint density at radius 2 is 0.661 bits per heavy atom. The summed E-state index contributed by atoms with van der Waals surface area (Å²) >= 11 is 0. The lowest BCUT2D eigenvalue weighted by Crippen LogP contribution is -2.48. The molecule has 0 aromatic heterocycles. The van der Waals surface area contributed by atoms with E-state index in [2.05, 4.69) is 31.3 Å². The van der Waals surface area contributed by atoms with Crippen LogP contribution >= 0.6 is 0 Å². The van der Waals surface area contributed by atoms with E-state index in [9.17, 15) is 20.1 Å². The predicted octanol–water partition coefficient (Wildman–Crippen LogP) is 17.3. The Balaban J connectivity index is 3.55. The third-order valence-electron chi connectivity index (χ3n) is 13.3. The van der Waals surface area contributed by atoms with Crippen molar-refractivity contribution in [2.24, 2.45) is 0 Å². The number of allylic oxidation sites excluding steroid dienone is 3. The Labute approximate surface area is 388 Å². The summed E-state index contributed by atoms with van der Waals surface area (Å²) in [5, 5.41) is 33.3. The highest BCUT2D eigenvalue weighted by Gasteiger charge is 2.22. The molecule has 3 atom stereocenters. The standard InChI is InChI=1S/C57H111NO4/c1-3-5-7-9-11-13-15-17-19-21-23-24-25-26-27-28-29-30-31-32-34-36-38-40-42-44-46-48-50-52-56(61)57(62)58-54(53-59)55(60)51-49-47-45-43-41-39-37-35-33-22-20-18-16-14-12-10-8-6-4-2/h41,43,49,51,54-56,59-61H,3-40,42,44-48,50,52-53H2,1-2H3,(H,58,62)/b43-41+,51-49+. The molecule has 3 unspecified atom stereocenters. The molecule has 0 radical (unpaired) electrons. The van der Waals surface area contributed by atoms with Crippen LogP contribution in [0.3, 0.4) is 0 Å². The quantitative estimate of drug-likeness (QED) is 0.0362. The number of rotatable bonds is 52. The Hall–Kier alpha value is -1.17. The third-order valence-corrected chi connectivity index (χ3v) is 13.3. The summed E-state index contributed by atoms with van der Waals surface area (Å²) in [6.45, 7) is 4.21. The zero-order chi connectivity index (χ0) is 45.1. The molecule has 0 saturated carbocycles. The van der Waals surface area contributed by atoms with Gasteiger partial charge in [-0.15, -0.1) is 0 Å². The van der Waals surface area contributed by atoms with Crippen LogP contribution in [0.1, 0.15) is 309 Å². The van der Waals surface area contributed by atoms with E-state index >= 15 is 0 Å². The number of unbranched alkanes of at least 4 members (excludes halogenated alkanes) is 42. The SMILES string of the molecule is CCCCCCCCCCCCCCC/C=C/CC/C=C/C(O)C(CO)NC(=O)C(O)CCCCCCCCCCCCCCCCCCCCCCCCCCCCCCC. The number of nitrogens with one attached hydrogen (secondary N) is 1. The molecule has 0 fully saturated rings. The minimum absolute atomic E-state index is 0.372. The van der Waals surface area contributed by atoms with Crippen LogP contribution in [0.25, 0.3) is 0 Å². The smallest absolute Gasteiger partial charge is 0.249 e. The number of carbonyl (C=O) groups is 1. The van der Waals surface area contributed by atoms with Crippen molar-refractivity contribution < 1.29 is 20.1 Å². The van der Waals surface area contributed by atoms with Crippen LogP contribution in [0.2, 0.25) is 0 Å². The van der Waals surface area contributed by atoms with Gasteiger partial charge in [-0.05, 0) is 32.1 Å². The van der Waals surface area contributed by atoms with Gasteiger partial charge >= 0.3 is 0 Å². The maximum atomic E-state index is 12.5. The van der Waals surface area contributed by atoms with Gasteiger partial charge < -0.3 is 20.6 Å². The Kier molecular flexibility index (Phi) is 51.5. The van der Waals surface area contributed by atoms with Crippen LogP contribution in [-0.4, -0.2) is 46.1 Å². The average molecular weight is 875 g/mol. The lowest BCUT2D eigenvalue weighted by Gasteiger charge is -2.21. The Morgan fingerprint density at radius 3 is 0.984 bits per heavy atom. The summed E-state index contributed by atoms with van der Waals surface area (Å²) in [6, 6.07) is -0.812. The third kappa shape index (κ3) is 46.8. The van der Waals surface area contributed by atoms with Gasteiger partial charge in [0.2, 0.25) is 5.91 Å². The fourth-order valence-corrected chi connectivity index (χ4v) is 8.91. The topological polar surface area (TPSA) is 89.8 Å². The molecule has 0 bridgehead atoms. The molecule has 4 N–H and O–H groups in total. The van der Waals surface area contributed by atoms with Crippen LogP contribution in [0.4, 0.5) is 0 Å². The minimum atomic E-state index is -1.10. The lowest BCUT2D eigenvalue weighted by molar-refractivity contribution is -0.131. The van der Waals surface area contributed by atoms with Crippen molar-refractivity contribution in [3.05, 3.63) is 24.3 Å². The van der Waals surface area contributed by atoms with Crippen molar-refractivity contribution in [2.75, 3.05) is 6.61 Å². The van der Waals surface area contributed by atoms with Gasteiger partial charge in [0.05, 0.1) is 18.8 Å². The van der Waals surface area contributed by atoms with E-state index < -0.39 is 24.2 Å². The first-order valence-corrected chi connectivity index (χ1v) is 28.2. The molecule has 0 aromatic rings. The minimum Gasteiger partial charge on any atom is -0.394 e. The van der Waals surface area contributed by atoms with Gasteiger partial charge in [-0.1, -0.05) is 301 Å². The largest absolute Gasteiger partial charge is 0.394 e. The van der Waals surface area contributed by atoms with Gasteiger partial charge in [0.25, 0.3) is 0 Å². The van der Waals surface area contributed by atoms with Crippen molar-refractivity contribution in [1.82, 2.24) is 5.32 Å². The summed E-state index contributed by atoms with van der Waals surface area (Å²) in [7, 11) is 0. The van der Waals surface area contributed by atoms with Gasteiger partial charge in [0.1, 0.15) is 6.10 Å².